The molecule has 0 spiro atoms. The van der Waals surface area contributed by atoms with E-state index in [-0.39, 0.29) is 24.1 Å². The summed E-state index contributed by atoms with van der Waals surface area (Å²) in [7, 11) is 0. The van der Waals surface area contributed by atoms with E-state index in [0.717, 1.165) is 42.6 Å². The zero-order valence-corrected chi connectivity index (χ0v) is 18.1. The summed E-state index contributed by atoms with van der Waals surface area (Å²) in [6.45, 7) is 3.17. The van der Waals surface area contributed by atoms with Gasteiger partial charge in [0.15, 0.2) is 5.76 Å². The van der Waals surface area contributed by atoms with E-state index in [4.69, 9.17) is 9.51 Å². The molecule has 0 atom stereocenters. The van der Waals surface area contributed by atoms with Gasteiger partial charge < -0.3 is 14.7 Å². The number of hydrogen-bond acceptors (Lipinski definition) is 6. The molecular weight excluding hydrogens is 409 g/mol. The highest BCUT2D eigenvalue weighted by atomic mass is 19.1. The van der Waals surface area contributed by atoms with E-state index in [1.165, 1.54) is 12.1 Å². The highest BCUT2D eigenvalue weighted by Gasteiger charge is 2.29. The summed E-state index contributed by atoms with van der Waals surface area (Å²) in [5.74, 6) is 1.21. The number of anilines is 1. The van der Waals surface area contributed by atoms with Crippen LogP contribution in [0, 0.1) is 12.7 Å². The Hall–Kier alpha value is -3.29. The number of piperidine rings is 1. The first-order chi connectivity index (χ1) is 15.5. The average Bonchev–Trinajstić information content (AvgIpc) is 3.50. The number of rotatable bonds is 6. The third kappa shape index (κ3) is 4.64. The number of amides is 1. The maximum atomic E-state index is 13.4. The summed E-state index contributed by atoms with van der Waals surface area (Å²) in [6, 6.07) is 8.60. The molecule has 0 radical (unpaired) electrons. The molecule has 1 aliphatic carbocycles. The van der Waals surface area contributed by atoms with Gasteiger partial charge in [0.1, 0.15) is 5.82 Å². The number of benzene rings is 1. The second kappa shape index (κ2) is 8.68. The van der Waals surface area contributed by atoms with Crippen LogP contribution < -0.4 is 5.32 Å². The lowest BCUT2D eigenvalue weighted by Crippen LogP contribution is -2.39. The molecule has 1 amide bonds. The van der Waals surface area contributed by atoms with Crippen LogP contribution in [-0.2, 0) is 11.2 Å². The highest BCUT2D eigenvalue weighted by Crippen LogP contribution is 2.35. The molecule has 1 aliphatic heterocycles. The van der Waals surface area contributed by atoms with Gasteiger partial charge in [0.25, 0.3) is 0 Å². The molecule has 2 aliphatic rings. The van der Waals surface area contributed by atoms with Gasteiger partial charge >= 0.3 is 0 Å². The first-order valence-electron chi connectivity index (χ1n) is 11.1. The average molecular weight is 436 g/mol. The van der Waals surface area contributed by atoms with Gasteiger partial charge in [0.05, 0.1) is 23.4 Å². The van der Waals surface area contributed by atoms with Crippen molar-refractivity contribution in [3.05, 3.63) is 59.3 Å². The van der Waals surface area contributed by atoms with Gasteiger partial charge in [-0.1, -0.05) is 17.3 Å². The first kappa shape index (κ1) is 20.6. The maximum Gasteiger partial charge on any atom is 0.226 e. The van der Waals surface area contributed by atoms with E-state index in [1.54, 1.807) is 12.1 Å². The van der Waals surface area contributed by atoms with Gasteiger partial charge in [0, 0.05) is 37.3 Å². The summed E-state index contributed by atoms with van der Waals surface area (Å²) in [4.78, 5) is 24.0. The van der Waals surface area contributed by atoms with Crippen molar-refractivity contribution in [3.8, 4) is 11.3 Å². The number of likely N-dealkylation sites (tertiary alicyclic amines) is 1. The van der Waals surface area contributed by atoms with Crippen LogP contribution >= 0.6 is 0 Å². The van der Waals surface area contributed by atoms with Crippen molar-refractivity contribution in [2.75, 3.05) is 18.4 Å². The summed E-state index contributed by atoms with van der Waals surface area (Å²) >= 11 is 0. The minimum Gasteiger partial charge on any atom is -0.356 e. The standard InChI is InChI=1S/C24H26FN5O2/c1-15-11-21(32-29-15)20-14-26-24(27-19-5-6-19)28-23(20)17-7-9-30(10-8-17)22(31)13-16-3-2-4-18(25)12-16/h2-4,11-12,14,17,19H,5-10,13H2,1H3,(H,26,27,28). The topological polar surface area (TPSA) is 84.2 Å². The lowest BCUT2D eigenvalue weighted by atomic mass is 9.90. The quantitative estimate of drug-likeness (QED) is 0.628. The molecule has 3 aromatic rings. The predicted octanol–water partition coefficient (Wildman–Crippen LogP) is 4.10. The number of aromatic nitrogens is 3. The van der Waals surface area contributed by atoms with Crippen molar-refractivity contribution < 1.29 is 13.7 Å². The van der Waals surface area contributed by atoms with Crippen LogP contribution in [0.25, 0.3) is 11.3 Å². The summed E-state index contributed by atoms with van der Waals surface area (Å²) < 4.78 is 18.9. The van der Waals surface area contributed by atoms with E-state index in [1.807, 2.05) is 24.1 Å². The fourth-order valence-electron chi connectivity index (χ4n) is 4.20. The third-order valence-corrected chi connectivity index (χ3v) is 6.10. The van der Waals surface area contributed by atoms with E-state index >= 15 is 0 Å². The highest BCUT2D eigenvalue weighted by molar-refractivity contribution is 5.79. The van der Waals surface area contributed by atoms with Gasteiger partial charge in [-0.3, -0.25) is 4.79 Å². The van der Waals surface area contributed by atoms with Crippen molar-refractivity contribution in [1.29, 1.82) is 0 Å². The molecule has 32 heavy (non-hydrogen) atoms. The van der Waals surface area contributed by atoms with E-state index in [0.29, 0.717) is 36.4 Å². The van der Waals surface area contributed by atoms with Crippen molar-refractivity contribution in [2.24, 2.45) is 0 Å². The Morgan fingerprint density at radius 3 is 2.72 bits per heavy atom. The van der Waals surface area contributed by atoms with Gasteiger partial charge in [-0.25, -0.2) is 14.4 Å². The van der Waals surface area contributed by atoms with E-state index < -0.39 is 0 Å². The smallest absolute Gasteiger partial charge is 0.226 e. The Kier molecular flexibility index (Phi) is 5.59. The third-order valence-electron chi connectivity index (χ3n) is 6.10. The lowest BCUT2D eigenvalue weighted by Gasteiger charge is -2.32. The molecule has 1 N–H and O–H groups in total. The van der Waals surface area contributed by atoms with Crippen LogP contribution in [0.2, 0.25) is 0 Å². The summed E-state index contributed by atoms with van der Waals surface area (Å²) in [6.07, 6.45) is 5.92. The molecule has 1 saturated heterocycles. The largest absolute Gasteiger partial charge is 0.356 e. The number of aryl methyl sites for hydroxylation is 1. The molecular formula is C24H26FN5O2. The summed E-state index contributed by atoms with van der Waals surface area (Å²) in [5, 5.41) is 7.39. The fraction of sp³-hybridized carbons (Fsp3) is 0.417. The molecule has 166 valence electrons. The second-order valence-corrected chi connectivity index (χ2v) is 8.71. The number of carbonyl (C=O) groups excluding carboxylic acids is 1. The molecule has 5 rings (SSSR count). The number of nitrogens with zero attached hydrogens (tertiary/aromatic N) is 4. The van der Waals surface area contributed by atoms with Crippen LogP contribution in [0.15, 0.2) is 41.1 Å². The summed E-state index contributed by atoms with van der Waals surface area (Å²) in [5.41, 5.74) is 3.31. The maximum absolute atomic E-state index is 13.4. The molecule has 7 nitrogen and oxygen atoms in total. The van der Waals surface area contributed by atoms with Gasteiger partial charge in [-0.05, 0) is 50.3 Å². The monoisotopic (exact) mass is 435 g/mol. The van der Waals surface area contributed by atoms with Crippen LogP contribution in [0.1, 0.15) is 48.6 Å². The number of nitrogens with one attached hydrogen (secondary N) is 1. The SMILES string of the molecule is Cc1cc(-c2cnc(NC3CC3)nc2C2CCN(C(=O)Cc3cccc(F)c3)CC2)on1. The Morgan fingerprint density at radius 2 is 2.03 bits per heavy atom. The van der Waals surface area contributed by atoms with E-state index in [2.05, 4.69) is 15.5 Å². The number of halogens is 1. The fourth-order valence-corrected chi connectivity index (χ4v) is 4.20. The normalized spacial score (nSPS) is 16.9. The number of carbonyl (C=O) groups is 1. The zero-order chi connectivity index (χ0) is 22.1. The Morgan fingerprint density at radius 1 is 1.22 bits per heavy atom. The molecule has 8 heteroatoms. The second-order valence-electron chi connectivity index (χ2n) is 8.71. The predicted molar refractivity (Wildman–Crippen MR) is 118 cm³/mol. The van der Waals surface area contributed by atoms with E-state index in [9.17, 15) is 9.18 Å². The zero-order valence-electron chi connectivity index (χ0n) is 18.1. The molecule has 1 saturated carbocycles. The van der Waals surface area contributed by atoms with Gasteiger partial charge in [-0.15, -0.1) is 0 Å². The Bertz CT molecular complexity index is 1120. The van der Waals surface area contributed by atoms with Crippen LogP contribution in [0.5, 0.6) is 0 Å². The first-order valence-corrected chi connectivity index (χ1v) is 11.1. The van der Waals surface area contributed by atoms with Gasteiger partial charge in [0.2, 0.25) is 11.9 Å². The molecule has 1 aromatic carbocycles. The molecule has 0 unspecified atom stereocenters. The Balaban J connectivity index is 1.31. The van der Waals surface area contributed by atoms with Gasteiger partial charge in [-0.2, -0.15) is 0 Å². The molecule has 2 fully saturated rings. The van der Waals surface area contributed by atoms with Crippen LogP contribution in [0.3, 0.4) is 0 Å². The molecule has 3 heterocycles. The van der Waals surface area contributed by atoms with Crippen molar-refractivity contribution >= 4 is 11.9 Å². The molecule has 2 aromatic heterocycles. The van der Waals surface area contributed by atoms with Crippen molar-refractivity contribution in [2.45, 2.75) is 51.0 Å². The van der Waals surface area contributed by atoms with Crippen LogP contribution in [0.4, 0.5) is 10.3 Å². The lowest BCUT2D eigenvalue weighted by molar-refractivity contribution is -0.131. The van der Waals surface area contributed by atoms with Crippen LogP contribution in [-0.4, -0.2) is 45.1 Å². The molecule has 0 bridgehead atoms. The number of hydrogen-bond donors (Lipinski definition) is 1. The Labute approximate surface area is 186 Å². The van der Waals surface area contributed by atoms with Crippen molar-refractivity contribution in [3.63, 3.8) is 0 Å². The minimum atomic E-state index is -0.316. The minimum absolute atomic E-state index is 0.0268. The van der Waals surface area contributed by atoms with Crippen molar-refractivity contribution in [1.82, 2.24) is 20.0 Å².